The average Bonchev–Trinajstić information content (AvgIpc) is 2.08. The summed E-state index contributed by atoms with van der Waals surface area (Å²) in [6, 6.07) is 0. The Morgan fingerprint density at radius 3 is 2.08 bits per heavy atom. The highest BCUT2D eigenvalue weighted by Gasteiger charge is 2.41. The van der Waals surface area contributed by atoms with Crippen LogP contribution in [0.25, 0.3) is 0 Å². The molecule has 0 aliphatic carbocycles. The van der Waals surface area contributed by atoms with Gasteiger partial charge < -0.3 is 25.2 Å². The lowest BCUT2D eigenvalue weighted by atomic mass is 9.99. The Hall–Kier alpha value is -0.460. The second-order valence-corrected chi connectivity index (χ2v) is 2.70. The van der Waals surface area contributed by atoms with Crippen LogP contribution in [0.15, 0.2) is 12.7 Å². The van der Waals surface area contributed by atoms with Gasteiger partial charge in [0, 0.05) is 0 Å². The fraction of sp³-hybridized carbons (Fsp3) is 0.714. The summed E-state index contributed by atoms with van der Waals surface area (Å²) in [5.74, 6) is 0. The molecule has 0 radical (unpaired) electrons. The van der Waals surface area contributed by atoms with Crippen molar-refractivity contribution in [2.24, 2.45) is 0 Å². The Morgan fingerprint density at radius 1 is 1.00 bits per heavy atom. The van der Waals surface area contributed by atoms with E-state index in [1.54, 1.807) is 0 Å². The molecule has 0 unspecified atom stereocenters. The Morgan fingerprint density at radius 2 is 1.58 bits per heavy atom. The van der Waals surface area contributed by atoms with Crippen LogP contribution in [0.5, 0.6) is 0 Å². The molecule has 0 amide bonds. The fourth-order valence-electron chi connectivity index (χ4n) is 1.08. The van der Waals surface area contributed by atoms with E-state index in [9.17, 15) is 5.11 Å². The summed E-state index contributed by atoms with van der Waals surface area (Å²) < 4.78 is 4.71. The highest BCUT2D eigenvalue weighted by Crippen LogP contribution is 2.19. The van der Waals surface area contributed by atoms with Crippen LogP contribution in [0, 0.1) is 0 Å². The van der Waals surface area contributed by atoms with E-state index in [1.807, 2.05) is 0 Å². The van der Waals surface area contributed by atoms with Gasteiger partial charge in [0.25, 0.3) is 0 Å². The van der Waals surface area contributed by atoms with E-state index in [4.69, 9.17) is 20.1 Å². The first-order valence-corrected chi connectivity index (χ1v) is 3.58. The van der Waals surface area contributed by atoms with Crippen LogP contribution in [0.4, 0.5) is 0 Å². The van der Waals surface area contributed by atoms with E-state index in [1.165, 1.54) is 6.08 Å². The number of hydrogen-bond donors (Lipinski definition) is 4. The smallest absolute Gasteiger partial charge is 0.184 e. The van der Waals surface area contributed by atoms with Crippen LogP contribution in [-0.4, -0.2) is 51.1 Å². The van der Waals surface area contributed by atoms with Crippen molar-refractivity contribution < 1.29 is 25.2 Å². The molecule has 70 valence electrons. The molecule has 0 aromatic rings. The normalized spacial score (nSPS) is 48.8. The van der Waals surface area contributed by atoms with E-state index in [0.717, 1.165) is 0 Å². The molecule has 1 rings (SSSR count). The van der Waals surface area contributed by atoms with Gasteiger partial charge in [0.2, 0.25) is 0 Å². The Labute approximate surface area is 69.5 Å². The van der Waals surface area contributed by atoms with Crippen LogP contribution in [0.1, 0.15) is 0 Å². The monoisotopic (exact) mass is 176 g/mol. The first-order valence-electron chi connectivity index (χ1n) is 3.58. The van der Waals surface area contributed by atoms with Crippen LogP contribution in [-0.2, 0) is 4.74 Å². The van der Waals surface area contributed by atoms with Crippen molar-refractivity contribution in [1.82, 2.24) is 0 Å². The van der Waals surface area contributed by atoms with Crippen LogP contribution in [0.3, 0.4) is 0 Å². The second kappa shape index (κ2) is 3.51. The third-order valence-electron chi connectivity index (χ3n) is 1.86. The number of rotatable bonds is 1. The van der Waals surface area contributed by atoms with Gasteiger partial charge in [-0.2, -0.15) is 0 Å². The van der Waals surface area contributed by atoms with Gasteiger partial charge in [-0.1, -0.05) is 6.08 Å². The quantitative estimate of drug-likeness (QED) is 0.346. The molecule has 1 heterocycles. The predicted octanol–water partition coefficient (Wildman–Crippen LogP) is -2.03. The zero-order chi connectivity index (χ0) is 9.30. The maximum atomic E-state index is 9.21. The van der Waals surface area contributed by atoms with E-state index < -0.39 is 30.7 Å². The van der Waals surface area contributed by atoms with Gasteiger partial charge in [0.05, 0.1) is 0 Å². The minimum Gasteiger partial charge on any atom is -0.387 e. The van der Waals surface area contributed by atoms with Gasteiger partial charge in [0.1, 0.15) is 24.4 Å². The Kier molecular flexibility index (Phi) is 2.81. The maximum absolute atomic E-state index is 9.21. The van der Waals surface area contributed by atoms with Crippen molar-refractivity contribution >= 4 is 0 Å². The molecule has 5 nitrogen and oxygen atoms in total. The lowest BCUT2D eigenvalue weighted by Crippen LogP contribution is -2.56. The number of ether oxygens (including phenoxy) is 1. The lowest BCUT2D eigenvalue weighted by molar-refractivity contribution is -0.271. The largest absolute Gasteiger partial charge is 0.387 e. The first-order chi connectivity index (χ1) is 5.57. The third-order valence-corrected chi connectivity index (χ3v) is 1.86. The molecule has 5 atom stereocenters. The molecule has 4 N–H and O–H groups in total. The van der Waals surface area contributed by atoms with Crippen molar-refractivity contribution in [2.45, 2.75) is 30.7 Å². The summed E-state index contributed by atoms with van der Waals surface area (Å²) in [5.41, 5.74) is 0. The molecule has 1 fully saturated rings. The van der Waals surface area contributed by atoms with Gasteiger partial charge in [-0.3, -0.25) is 0 Å². The molecule has 1 aliphatic rings. The standard InChI is InChI=1S/C7H12O5/c1-2-3-4(8)5(9)6(10)7(11)12-3/h2-11H,1H2/t3-,4-,5+,6-,7+/m1/s1. The highest BCUT2D eigenvalue weighted by atomic mass is 16.6. The SMILES string of the molecule is C=C[C@H]1O[C@H](O)[C@H](O)[C@@H](O)[C@@H]1O. The second-order valence-electron chi connectivity index (χ2n) is 2.70. The molecule has 0 saturated carbocycles. The van der Waals surface area contributed by atoms with Crippen molar-refractivity contribution in [3.8, 4) is 0 Å². The van der Waals surface area contributed by atoms with E-state index in [2.05, 4.69) is 6.58 Å². The Bertz CT molecular complexity index is 171. The minimum atomic E-state index is -1.48. The molecule has 0 aromatic heterocycles. The van der Waals surface area contributed by atoms with Gasteiger partial charge in [-0.05, 0) is 0 Å². The summed E-state index contributed by atoms with van der Waals surface area (Å²) in [6.45, 7) is 3.34. The molecule has 1 saturated heterocycles. The van der Waals surface area contributed by atoms with Crippen molar-refractivity contribution in [2.75, 3.05) is 0 Å². The zero-order valence-corrected chi connectivity index (χ0v) is 6.37. The van der Waals surface area contributed by atoms with Gasteiger partial charge in [-0.25, -0.2) is 0 Å². The molecular formula is C7H12O5. The van der Waals surface area contributed by atoms with E-state index in [-0.39, 0.29) is 0 Å². The number of hydrogen-bond acceptors (Lipinski definition) is 5. The Balaban J connectivity index is 2.70. The molecule has 5 heteroatoms. The van der Waals surface area contributed by atoms with Crippen molar-refractivity contribution in [1.29, 1.82) is 0 Å². The maximum Gasteiger partial charge on any atom is 0.184 e. The molecule has 12 heavy (non-hydrogen) atoms. The minimum absolute atomic E-state index is 0.849. The van der Waals surface area contributed by atoms with Crippen LogP contribution < -0.4 is 0 Å². The van der Waals surface area contributed by atoms with Gasteiger partial charge in [-0.15, -0.1) is 6.58 Å². The van der Waals surface area contributed by atoms with Crippen molar-refractivity contribution in [3.63, 3.8) is 0 Å². The summed E-state index contributed by atoms with van der Waals surface area (Å²) >= 11 is 0. The highest BCUT2D eigenvalue weighted by molar-refractivity contribution is 4.96. The topological polar surface area (TPSA) is 90.2 Å². The number of aliphatic hydroxyl groups is 4. The molecule has 1 aliphatic heterocycles. The molecule has 0 bridgehead atoms. The van der Waals surface area contributed by atoms with E-state index >= 15 is 0 Å². The van der Waals surface area contributed by atoms with Crippen LogP contribution >= 0.6 is 0 Å². The lowest BCUT2D eigenvalue weighted by Gasteiger charge is -2.36. The molecule has 0 spiro atoms. The van der Waals surface area contributed by atoms with Gasteiger partial charge in [0.15, 0.2) is 6.29 Å². The number of aliphatic hydroxyl groups excluding tert-OH is 4. The summed E-state index contributed by atoms with van der Waals surface area (Å²) in [4.78, 5) is 0. The van der Waals surface area contributed by atoms with Crippen molar-refractivity contribution in [3.05, 3.63) is 12.7 Å². The fourth-order valence-corrected chi connectivity index (χ4v) is 1.08. The average molecular weight is 176 g/mol. The summed E-state index contributed by atoms with van der Waals surface area (Å²) in [6.07, 6.45) is -5.21. The first kappa shape index (κ1) is 9.63. The van der Waals surface area contributed by atoms with Gasteiger partial charge >= 0.3 is 0 Å². The van der Waals surface area contributed by atoms with Crippen LogP contribution in [0.2, 0.25) is 0 Å². The summed E-state index contributed by atoms with van der Waals surface area (Å²) in [7, 11) is 0. The summed E-state index contributed by atoms with van der Waals surface area (Å²) in [5, 5.41) is 36.3. The predicted molar refractivity (Wildman–Crippen MR) is 39.1 cm³/mol. The zero-order valence-electron chi connectivity index (χ0n) is 6.37. The third kappa shape index (κ3) is 1.50. The van der Waals surface area contributed by atoms with E-state index in [0.29, 0.717) is 0 Å². The molecule has 0 aromatic carbocycles. The molecular weight excluding hydrogens is 164 g/mol.